The quantitative estimate of drug-likeness (QED) is 0.588. The summed E-state index contributed by atoms with van der Waals surface area (Å²) in [6.45, 7) is -0.438. The topological polar surface area (TPSA) is 86.5 Å². The molecule has 0 spiro atoms. The highest BCUT2D eigenvalue weighted by atomic mass is 32.1. The lowest BCUT2D eigenvalue weighted by Gasteiger charge is -2.00. The van der Waals surface area contributed by atoms with E-state index in [0.29, 0.717) is 4.88 Å². The van der Waals surface area contributed by atoms with E-state index < -0.39 is 18.5 Å². The van der Waals surface area contributed by atoms with Crippen LogP contribution in [0, 0.1) is 0 Å². The van der Waals surface area contributed by atoms with E-state index in [4.69, 9.17) is 5.73 Å². The van der Waals surface area contributed by atoms with Gasteiger partial charge in [-0.1, -0.05) is 6.07 Å². The second-order valence-corrected chi connectivity index (χ2v) is 3.98. The zero-order chi connectivity index (χ0) is 12.0. The molecule has 86 valence electrons. The third-order valence-corrected chi connectivity index (χ3v) is 2.64. The van der Waals surface area contributed by atoms with Crippen molar-refractivity contribution in [3.8, 4) is 0 Å². The van der Waals surface area contributed by atoms with Crippen LogP contribution in [-0.4, -0.2) is 24.3 Å². The first-order valence-corrected chi connectivity index (χ1v) is 5.48. The summed E-state index contributed by atoms with van der Waals surface area (Å²) in [5, 5.41) is 1.79. The number of nitrogens with two attached hydrogens (primary N) is 1. The first-order valence-electron chi connectivity index (χ1n) is 4.60. The lowest BCUT2D eigenvalue weighted by molar-refractivity contribution is -0.147. The molecule has 0 fully saturated rings. The monoisotopic (exact) mass is 241 g/mol. The molecule has 0 radical (unpaired) electrons. The molecule has 2 N–H and O–H groups in total. The van der Waals surface area contributed by atoms with Crippen LogP contribution in [0.2, 0.25) is 0 Å². The zero-order valence-corrected chi connectivity index (χ0v) is 9.29. The SMILES string of the molecule is NC(=O)COC(=O)CCC(=O)c1cccs1. The Labute approximate surface area is 96.2 Å². The molecule has 1 aromatic heterocycles. The molecule has 6 heteroatoms. The number of hydrogen-bond acceptors (Lipinski definition) is 5. The molecule has 1 amide bonds. The van der Waals surface area contributed by atoms with Gasteiger partial charge < -0.3 is 10.5 Å². The third-order valence-electron chi connectivity index (χ3n) is 1.73. The number of carbonyl (C=O) groups excluding carboxylic acids is 3. The van der Waals surface area contributed by atoms with Gasteiger partial charge in [-0.15, -0.1) is 11.3 Å². The molecule has 1 rings (SSSR count). The summed E-state index contributed by atoms with van der Waals surface area (Å²) >= 11 is 1.33. The summed E-state index contributed by atoms with van der Waals surface area (Å²) in [6, 6.07) is 3.46. The van der Waals surface area contributed by atoms with Crippen molar-refractivity contribution in [1.82, 2.24) is 0 Å². The normalized spacial score (nSPS) is 9.75. The Hall–Kier alpha value is -1.69. The smallest absolute Gasteiger partial charge is 0.306 e. The first kappa shape index (κ1) is 12.4. The highest BCUT2D eigenvalue weighted by molar-refractivity contribution is 7.12. The van der Waals surface area contributed by atoms with Gasteiger partial charge in [0.15, 0.2) is 12.4 Å². The minimum Gasteiger partial charge on any atom is -0.456 e. The second kappa shape index (κ2) is 6.02. The minimum atomic E-state index is -0.710. The van der Waals surface area contributed by atoms with Crippen LogP contribution in [0.4, 0.5) is 0 Å². The maximum Gasteiger partial charge on any atom is 0.306 e. The van der Waals surface area contributed by atoms with Crippen LogP contribution in [0.3, 0.4) is 0 Å². The molecule has 0 aliphatic heterocycles. The Kier molecular flexibility index (Phi) is 4.65. The molecular weight excluding hydrogens is 230 g/mol. The zero-order valence-electron chi connectivity index (χ0n) is 8.47. The van der Waals surface area contributed by atoms with E-state index in [1.807, 2.05) is 0 Å². The number of amides is 1. The minimum absolute atomic E-state index is 0.0377. The van der Waals surface area contributed by atoms with Crippen LogP contribution in [0.1, 0.15) is 22.5 Å². The fraction of sp³-hybridized carbons (Fsp3) is 0.300. The predicted molar refractivity (Wildman–Crippen MR) is 58.0 cm³/mol. The standard InChI is InChI=1S/C10H11NO4S/c11-9(13)6-15-10(14)4-3-7(12)8-2-1-5-16-8/h1-2,5H,3-4,6H2,(H2,11,13). The van der Waals surface area contributed by atoms with Crippen LogP contribution in [0.15, 0.2) is 17.5 Å². The van der Waals surface area contributed by atoms with Crippen molar-refractivity contribution in [3.05, 3.63) is 22.4 Å². The largest absolute Gasteiger partial charge is 0.456 e. The van der Waals surface area contributed by atoms with Crippen LogP contribution in [0.5, 0.6) is 0 Å². The number of rotatable bonds is 6. The van der Waals surface area contributed by atoms with Gasteiger partial charge in [0, 0.05) is 6.42 Å². The predicted octanol–water partition coefficient (Wildman–Crippen LogP) is 0.739. The lowest BCUT2D eigenvalue weighted by atomic mass is 10.2. The van der Waals surface area contributed by atoms with Gasteiger partial charge in [0.1, 0.15) is 0 Å². The van der Waals surface area contributed by atoms with Crippen molar-refractivity contribution in [2.45, 2.75) is 12.8 Å². The van der Waals surface area contributed by atoms with Crippen molar-refractivity contribution < 1.29 is 19.1 Å². The Morgan fingerprint density at radius 2 is 2.06 bits per heavy atom. The average molecular weight is 241 g/mol. The summed E-state index contributed by atoms with van der Waals surface area (Å²) in [6.07, 6.45) is 0.0438. The highest BCUT2D eigenvalue weighted by Crippen LogP contribution is 2.12. The van der Waals surface area contributed by atoms with Crippen molar-refractivity contribution >= 4 is 29.0 Å². The van der Waals surface area contributed by atoms with Crippen LogP contribution >= 0.6 is 11.3 Å². The molecule has 1 heterocycles. The van der Waals surface area contributed by atoms with Crippen LogP contribution in [-0.2, 0) is 14.3 Å². The molecule has 0 aromatic carbocycles. The number of Topliss-reactive ketones (excluding diaryl/α,β-unsaturated/α-hetero) is 1. The number of thiophene rings is 1. The van der Waals surface area contributed by atoms with Gasteiger partial charge in [-0.2, -0.15) is 0 Å². The van der Waals surface area contributed by atoms with E-state index in [1.54, 1.807) is 17.5 Å². The number of hydrogen-bond donors (Lipinski definition) is 1. The van der Waals surface area contributed by atoms with Gasteiger partial charge >= 0.3 is 5.97 Å². The van der Waals surface area contributed by atoms with Crippen LogP contribution in [0.25, 0.3) is 0 Å². The van der Waals surface area contributed by atoms with E-state index in [0.717, 1.165) is 0 Å². The van der Waals surface area contributed by atoms with E-state index in [2.05, 4.69) is 4.74 Å². The molecule has 0 unspecified atom stereocenters. The number of ether oxygens (including phenoxy) is 1. The van der Waals surface area contributed by atoms with Crippen molar-refractivity contribution in [2.24, 2.45) is 5.73 Å². The Morgan fingerprint density at radius 1 is 1.31 bits per heavy atom. The second-order valence-electron chi connectivity index (χ2n) is 3.03. The Bertz CT molecular complexity index is 386. The van der Waals surface area contributed by atoms with E-state index >= 15 is 0 Å². The van der Waals surface area contributed by atoms with Crippen molar-refractivity contribution in [3.63, 3.8) is 0 Å². The summed E-state index contributed by atoms with van der Waals surface area (Å²) in [5.41, 5.74) is 4.79. The van der Waals surface area contributed by atoms with Gasteiger partial charge in [-0.3, -0.25) is 14.4 Å². The number of ketones is 1. The summed E-state index contributed by atoms with van der Waals surface area (Å²) in [5.74, 6) is -1.41. The molecule has 0 saturated heterocycles. The van der Waals surface area contributed by atoms with Gasteiger partial charge in [0.2, 0.25) is 0 Å². The highest BCUT2D eigenvalue weighted by Gasteiger charge is 2.11. The lowest BCUT2D eigenvalue weighted by Crippen LogP contribution is -2.21. The average Bonchev–Trinajstić information content (AvgIpc) is 2.76. The maximum atomic E-state index is 11.5. The number of esters is 1. The maximum absolute atomic E-state index is 11.5. The fourth-order valence-electron chi connectivity index (χ4n) is 1.000. The Morgan fingerprint density at radius 3 is 2.62 bits per heavy atom. The summed E-state index contributed by atoms with van der Waals surface area (Å²) in [4.78, 5) is 33.4. The molecule has 0 aliphatic carbocycles. The van der Waals surface area contributed by atoms with E-state index in [1.165, 1.54) is 11.3 Å². The molecule has 16 heavy (non-hydrogen) atoms. The third kappa shape index (κ3) is 4.22. The van der Waals surface area contributed by atoms with E-state index in [-0.39, 0.29) is 18.6 Å². The first-order chi connectivity index (χ1) is 7.59. The van der Waals surface area contributed by atoms with Gasteiger partial charge in [0.25, 0.3) is 5.91 Å². The fourth-order valence-corrected chi connectivity index (χ4v) is 1.69. The molecule has 5 nitrogen and oxygen atoms in total. The number of carbonyl (C=O) groups is 3. The molecular formula is C10H11NO4S. The van der Waals surface area contributed by atoms with Gasteiger partial charge in [0.05, 0.1) is 11.3 Å². The van der Waals surface area contributed by atoms with Crippen molar-refractivity contribution in [2.75, 3.05) is 6.61 Å². The van der Waals surface area contributed by atoms with Crippen molar-refractivity contribution in [1.29, 1.82) is 0 Å². The van der Waals surface area contributed by atoms with Crippen LogP contribution < -0.4 is 5.73 Å². The molecule has 1 aromatic rings. The summed E-state index contributed by atoms with van der Waals surface area (Å²) < 4.78 is 4.51. The number of primary amides is 1. The molecule has 0 bridgehead atoms. The van der Waals surface area contributed by atoms with Gasteiger partial charge in [-0.25, -0.2) is 0 Å². The molecule has 0 saturated carbocycles. The van der Waals surface area contributed by atoms with Gasteiger partial charge in [-0.05, 0) is 11.4 Å². The summed E-state index contributed by atoms with van der Waals surface area (Å²) in [7, 11) is 0. The van der Waals surface area contributed by atoms with E-state index in [9.17, 15) is 14.4 Å². The molecule has 0 atom stereocenters. The Balaban J connectivity index is 2.27. The molecule has 0 aliphatic rings.